The van der Waals surface area contributed by atoms with E-state index in [2.05, 4.69) is 471 Å². The number of nitrogens with zero attached hydrogens (tertiary/aromatic N) is 6. The minimum Gasteiger partial charge on any atom is -0.310 e. The van der Waals surface area contributed by atoms with Gasteiger partial charge in [0.1, 0.15) is 0 Å². The monoisotopic (exact) mass is 1560 g/mol. The molecule has 0 bridgehead atoms. The molecule has 576 valence electrons. The largest absolute Gasteiger partial charge is 0.310 e. The smallest absolute Gasteiger partial charge is 0.0788 e. The molecule has 24 rings (SSSR count). The van der Waals surface area contributed by atoms with Crippen LogP contribution >= 0.6 is 0 Å². The highest BCUT2D eigenvalue weighted by Gasteiger charge is 2.40. The van der Waals surface area contributed by atoms with E-state index in [9.17, 15) is 0 Å². The quantitative estimate of drug-likeness (QED) is 0.114. The standard InChI is InChI=1S/2C58H41N3/c1-58(2)50-20-9-5-19-49(50)56-51(58)21-13-25-55(56)60(42-36-30-40(31-37-42)57-48-18-4-3-14-44(48)45-15-6-10-22-52(45)59-57)41-32-26-38(27-33-41)39-28-34-43(35-29-39)61-53-23-11-7-16-46(53)47-17-8-12-24-54(47)61;1-58(2)49-24-11-8-21-47(49)56-50(58)25-15-29-54(56)60(42-36-32-39(33-37-42)57-46-20-7-6-18-44(46)45-19-9-12-26-51(45)59-57)41-34-30-38(31-35-41)43-23-14-28-53-55(43)48-22-10-13-27-52(48)61(53)40-16-4-3-5-17-40/h2*3-37H,1-2H3. The van der Waals surface area contributed by atoms with E-state index >= 15 is 0 Å². The van der Waals surface area contributed by atoms with Crippen LogP contribution in [0.4, 0.5) is 34.1 Å². The number of benzene rings is 18. The molecule has 122 heavy (non-hydrogen) atoms. The topological polar surface area (TPSA) is 42.1 Å². The Hall–Kier alpha value is -15.5. The zero-order chi connectivity index (χ0) is 81.3. The van der Waals surface area contributed by atoms with E-state index in [0.29, 0.717) is 0 Å². The number of hydrogen-bond donors (Lipinski definition) is 0. The van der Waals surface area contributed by atoms with Crippen LogP contribution in [0.2, 0.25) is 0 Å². The number of pyridine rings is 2. The second-order valence-electron chi connectivity index (χ2n) is 33.4. The summed E-state index contributed by atoms with van der Waals surface area (Å²) in [5.74, 6) is 0. The molecule has 0 fully saturated rings. The van der Waals surface area contributed by atoms with Gasteiger partial charge in [-0.2, -0.15) is 0 Å². The minimum atomic E-state index is -0.123. The lowest BCUT2D eigenvalue weighted by Gasteiger charge is -2.29. The summed E-state index contributed by atoms with van der Waals surface area (Å²) in [5.41, 5.74) is 35.1. The van der Waals surface area contributed by atoms with Crippen LogP contribution < -0.4 is 9.80 Å². The summed E-state index contributed by atoms with van der Waals surface area (Å²) in [6, 6.07) is 154. The van der Waals surface area contributed by atoms with Gasteiger partial charge in [0.25, 0.3) is 0 Å². The molecule has 4 heterocycles. The van der Waals surface area contributed by atoms with E-state index in [-0.39, 0.29) is 10.8 Å². The molecule has 18 aromatic carbocycles. The molecule has 0 N–H and O–H groups in total. The highest BCUT2D eigenvalue weighted by Crippen LogP contribution is 2.57. The van der Waals surface area contributed by atoms with Gasteiger partial charge in [0.2, 0.25) is 0 Å². The van der Waals surface area contributed by atoms with Gasteiger partial charge in [-0.15, -0.1) is 0 Å². The molecule has 4 aromatic heterocycles. The van der Waals surface area contributed by atoms with Crippen LogP contribution in [-0.2, 0) is 10.8 Å². The summed E-state index contributed by atoms with van der Waals surface area (Å²) in [6.07, 6.45) is 0. The summed E-state index contributed by atoms with van der Waals surface area (Å²) >= 11 is 0. The van der Waals surface area contributed by atoms with Gasteiger partial charge < -0.3 is 18.9 Å². The van der Waals surface area contributed by atoms with Crippen molar-refractivity contribution in [2.24, 2.45) is 0 Å². The average Bonchev–Trinajstić information content (AvgIpc) is 1.57. The fourth-order valence-corrected chi connectivity index (χ4v) is 20.2. The maximum Gasteiger partial charge on any atom is 0.0788 e. The molecule has 0 atom stereocenters. The molecule has 22 aromatic rings. The first-order valence-electron chi connectivity index (χ1n) is 42.3. The Bertz CT molecular complexity index is 7860. The molecule has 0 spiro atoms. The van der Waals surface area contributed by atoms with E-state index in [1.54, 1.807) is 0 Å². The van der Waals surface area contributed by atoms with Crippen molar-refractivity contribution in [2.45, 2.75) is 38.5 Å². The lowest BCUT2D eigenvalue weighted by Crippen LogP contribution is -2.16. The van der Waals surface area contributed by atoms with Crippen LogP contribution in [0.5, 0.6) is 0 Å². The van der Waals surface area contributed by atoms with E-state index < -0.39 is 0 Å². The van der Waals surface area contributed by atoms with Crippen molar-refractivity contribution in [2.75, 3.05) is 9.80 Å². The number of rotatable bonds is 12. The van der Waals surface area contributed by atoms with Crippen molar-refractivity contribution >= 4 is 121 Å². The van der Waals surface area contributed by atoms with Gasteiger partial charge in [-0.05, 0) is 188 Å². The fraction of sp³-hybridized carbons (Fsp3) is 0.0517. The van der Waals surface area contributed by atoms with Crippen molar-refractivity contribution in [3.05, 3.63) is 447 Å². The number of para-hydroxylation sites is 6. The Kier molecular flexibility index (Phi) is 16.9. The molecular weight excluding hydrogens is 1480 g/mol. The zero-order valence-electron chi connectivity index (χ0n) is 68.1. The van der Waals surface area contributed by atoms with E-state index in [4.69, 9.17) is 9.97 Å². The zero-order valence-corrected chi connectivity index (χ0v) is 68.1. The van der Waals surface area contributed by atoms with Gasteiger partial charge in [-0.1, -0.05) is 331 Å². The van der Waals surface area contributed by atoms with Crippen molar-refractivity contribution in [3.63, 3.8) is 0 Å². The lowest BCUT2D eigenvalue weighted by atomic mass is 9.82. The summed E-state index contributed by atoms with van der Waals surface area (Å²) in [4.78, 5) is 15.3. The maximum atomic E-state index is 5.24. The van der Waals surface area contributed by atoms with Crippen LogP contribution in [0.3, 0.4) is 0 Å². The van der Waals surface area contributed by atoms with Gasteiger partial charge in [0.05, 0.1) is 55.9 Å². The Labute approximate surface area is 709 Å². The third-order valence-corrected chi connectivity index (χ3v) is 26.0. The molecule has 2 aliphatic rings. The van der Waals surface area contributed by atoms with E-state index in [1.807, 2.05) is 0 Å². The molecule has 0 aliphatic heterocycles. The predicted octanol–water partition coefficient (Wildman–Crippen LogP) is 31.2. The van der Waals surface area contributed by atoms with Gasteiger partial charge in [-0.25, -0.2) is 9.97 Å². The number of anilines is 6. The van der Waals surface area contributed by atoms with Crippen LogP contribution in [0.25, 0.3) is 165 Å². The normalized spacial score (nSPS) is 12.9. The van der Waals surface area contributed by atoms with Gasteiger partial charge in [-0.3, -0.25) is 0 Å². The molecule has 6 heteroatoms. The van der Waals surface area contributed by atoms with Crippen LogP contribution in [0.15, 0.2) is 425 Å². The Balaban J connectivity index is 0.000000142. The van der Waals surface area contributed by atoms with Crippen molar-refractivity contribution < 1.29 is 0 Å². The van der Waals surface area contributed by atoms with Gasteiger partial charge in [0, 0.05) is 110 Å². The molecule has 0 saturated heterocycles. The molecular formula is C116H82N6. The van der Waals surface area contributed by atoms with E-state index in [0.717, 1.165) is 78.4 Å². The summed E-state index contributed by atoms with van der Waals surface area (Å²) < 4.78 is 4.76. The Morgan fingerprint density at radius 2 is 0.525 bits per heavy atom. The summed E-state index contributed by atoms with van der Waals surface area (Å²) in [6.45, 7) is 9.41. The first-order chi connectivity index (χ1) is 60.1. The second-order valence-corrected chi connectivity index (χ2v) is 33.4. The number of fused-ring (bicyclic) bond motifs is 18. The molecule has 0 radical (unpaired) electrons. The maximum absolute atomic E-state index is 5.24. The molecule has 0 saturated carbocycles. The second kappa shape index (κ2) is 28.7. The molecule has 6 nitrogen and oxygen atoms in total. The van der Waals surface area contributed by atoms with Crippen molar-refractivity contribution in [1.29, 1.82) is 0 Å². The Morgan fingerprint density at radius 1 is 0.213 bits per heavy atom. The molecule has 0 amide bonds. The third-order valence-electron chi connectivity index (χ3n) is 26.0. The van der Waals surface area contributed by atoms with Crippen LogP contribution in [0, 0.1) is 0 Å². The summed E-state index contributed by atoms with van der Waals surface area (Å²) in [5, 5.41) is 12.1. The van der Waals surface area contributed by atoms with Crippen LogP contribution in [-0.4, -0.2) is 19.1 Å². The van der Waals surface area contributed by atoms with Gasteiger partial charge in [0.15, 0.2) is 0 Å². The van der Waals surface area contributed by atoms with Crippen LogP contribution in [0.1, 0.15) is 49.9 Å². The highest BCUT2D eigenvalue weighted by molar-refractivity contribution is 6.17. The SMILES string of the molecule is CC1(C)c2ccccc2-c2c(N(c3ccc(-c4ccc(-n5c6ccccc6c6ccccc65)cc4)cc3)c3ccc(-c4nc5ccccc5c5ccccc45)cc3)cccc21.CC1(C)c2ccccc2-c2c(N(c3ccc(-c4nc5ccccc5c5ccccc45)cc3)c3ccc(-c4cccc5c4c4ccccc4n5-c4ccccc4)cc3)cccc21. The molecule has 0 unspecified atom stereocenters. The fourth-order valence-electron chi connectivity index (χ4n) is 20.2. The minimum absolute atomic E-state index is 0.116. The number of aromatic nitrogens is 4. The summed E-state index contributed by atoms with van der Waals surface area (Å²) in [7, 11) is 0. The van der Waals surface area contributed by atoms with Crippen molar-refractivity contribution in [1.82, 2.24) is 19.1 Å². The van der Waals surface area contributed by atoms with E-state index in [1.165, 1.54) is 143 Å². The third kappa shape index (κ3) is 11.5. The first kappa shape index (κ1) is 71.8. The first-order valence-corrected chi connectivity index (χ1v) is 42.3. The number of hydrogen-bond acceptors (Lipinski definition) is 4. The average molecular weight is 1560 g/mol. The highest BCUT2D eigenvalue weighted by atomic mass is 15.2. The van der Waals surface area contributed by atoms with Gasteiger partial charge >= 0.3 is 0 Å². The van der Waals surface area contributed by atoms with Crippen molar-refractivity contribution in [3.8, 4) is 78.4 Å². The predicted molar refractivity (Wildman–Crippen MR) is 513 cm³/mol. The molecule has 2 aliphatic carbocycles. The lowest BCUT2D eigenvalue weighted by molar-refractivity contribution is 0.660. The Morgan fingerprint density at radius 3 is 0.992 bits per heavy atom.